The van der Waals surface area contributed by atoms with Gasteiger partial charge in [-0.2, -0.15) is 0 Å². The summed E-state index contributed by atoms with van der Waals surface area (Å²) in [6.45, 7) is 3.20. The number of amides is 1. The highest BCUT2D eigenvalue weighted by Gasteiger charge is 2.14. The Morgan fingerprint density at radius 3 is 2.50 bits per heavy atom. The first-order chi connectivity index (χ1) is 9.60. The molecule has 0 saturated heterocycles. The summed E-state index contributed by atoms with van der Waals surface area (Å²) in [6.07, 6.45) is 0. The van der Waals surface area contributed by atoms with Crippen LogP contribution in [0.25, 0.3) is 0 Å². The van der Waals surface area contributed by atoms with E-state index in [0.29, 0.717) is 18.7 Å². The molecule has 0 radical (unpaired) electrons. The number of rotatable bonds is 4. The highest BCUT2D eigenvalue weighted by molar-refractivity contribution is 9.10. The van der Waals surface area contributed by atoms with Crippen LogP contribution in [0.4, 0.5) is 5.69 Å². The Morgan fingerprint density at radius 2 is 1.90 bits per heavy atom. The van der Waals surface area contributed by atoms with Crippen molar-refractivity contribution in [2.24, 2.45) is 0 Å². The minimum Gasteiger partial charge on any atom is -0.399 e. The van der Waals surface area contributed by atoms with Crippen molar-refractivity contribution in [3.63, 3.8) is 0 Å². The summed E-state index contributed by atoms with van der Waals surface area (Å²) in [5, 5.41) is 0. The van der Waals surface area contributed by atoms with Crippen molar-refractivity contribution in [2.75, 3.05) is 12.3 Å². The average molecular weight is 333 g/mol. The van der Waals surface area contributed by atoms with Gasteiger partial charge in [-0.15, -0.1) is 0 Å². The number of carbonyl (C=O) groups is 1. The zero-order valence-corrected chi connectivity index (χ0v) is 12.9. The lowest BCUT2D eigenvalue weighted by atomic mass is 10.1. The molecule has 0 heterocycles. The molecule has 1 amide bonds. The lowest BCUT2D eigenvalue weighted by Gasteiger charge is -2.21. The molecule has 0 aliphatic rings. The molecule has 104 valence electrons. The van der Waals surface area contributed by atoms with Crippen molar-refractivity contribution in [1.82, 2.24) is 4.90 Å². The fourth-order valence-corrected chi connectivity index (χ4v) is 2.28. The number of hydrogen-bond donors (Lipinski definition) is 1. The van der Waals surface area contributed by atoms with Gasteiger partial charge in [0.15, 0.2) is 0 Å². The van der Waals surface area contributed by atoms with E-state index in [-0.39, 0.29) is 5.91 Å². The van der Waals surface area contributed by atoms with E-state index < -0.39 is 0 Å². The number of nitrogens with zero attached hydrogens (tertiary/aromatic N) is 1. The second kappa shape index (κ2) is 6.57. The predicted octanol–water partition coefficient (Wildman–Crippen LogP) is 3.69. The zero-order valence-electron chi connectivity index (χ0n) is 11.3. The van der Waals surface area contributed by atoms with Gasteiger partial charge < -0.3 is 10.6 Å². The molecule has 4 heteroatoms. The van der Waals surface area contributed by atoms with E-state index in [4.69, 9.17) is 5.73 Å². The molecule has 2 N–H and O–H groups in total. The van der Waals surface area contributed by atoms with Gasteiger partial charge in [0.1, 0.15) is 0 Å². The van der Waals surface area contributed by atoms with E-state index in [1.54, 1.807) is 4.90 Å². The standard InChI is InChI=1S/C16H17BrN2O/c1-2-19(11-12-4-3-5-15(18)10-12)16(20)13-6-8-14(17)9-7-13/h3-10H,2,11,18H2,1H3. The summed E-state index contributed by atoms with van der Waals surface area (Å²) >= 11 is 3.37. The zero-order chi connectivity index (χ0) is 14.5. The number of carbonyl (C=O) groups excluding carboxylic acids is 1. The largest absolute Gasteiger partial charge is 0.399 e. The first-order valence-corrected chi connectivity index (χ1v) is 7.28. The van der Waals surface area contributed by atoms with Crippen LogP contribution in [0.3, 0.4) is 0 Å². The van der Waals surface area contributed by atoms with Gasteiger partial charge in [-0.25, -0.2) is 0 Å². The molecule has 0 saturated carbocycles. The van der Waals surface area contributed by atoms with Crippen molar-refractivity contribution in [3.8, 4) is 0 Å². The Kier molecular flexibility index (Phi) is 4.79. The molecule has 0 aromatic heterocycles. The lowest BCUT2D eigenvalue weighted by molar-refractivity contribution is 0.0752. The Hall–Kier alpha value is -1.81. The van der Waals surface area contributed by atoms with Crippen LogP contribution in [-0.2, 0) is 6.54 Å². The SMILES string of the molecule is CCN(Cc1cccc(N)c1)C(=O)c1ccc(Br)cc1. The van der Waals surface area contributed by atoms with Crippen LogP contribution in [0, 0.1) is 0 Å². The fraction of sp³-hybridized carbons (Fsp3) is 0.188. The fourth-order valence-electron chi connectivity index (χ4n) is 2.01. The van der Waals surface area contributed by atoms with Crippen LogP contribution in [-0.4, -0.2) is 17.4 Å². The second-order valence-corrected chi connectivity index (χ2v) is 5.49. The van der Waals surface area contributed by atoms with Crippen molar-refractivity contribution >= 4 is 27.5 Å². The third kappa shape index (κ3) is 3.61. The Labute approximate surface area is 127 Å². The minimum atomic E-state index is 0.0300. The van der Waals surface area contributed by atoms with Crippen LogP contribution < -0.4 is 5.73 Å². The van der Waals surface area contributed by atoms with Gasteiger partial charge in [-0.1, -0.05) is 28.1 Å². The number of nitrogens with two attached hydrogens (primary N) is 1. The topological polar surface area (TPSA) is 46.3 Å². The molecule has 2 rings (SSSR count). The van der Waals surface area contributed by atoms with Gasteiger partial charge >= 0.3 is 0 Å². The first-order valence-electron chi connectivity index (χ1n) is 6.49. The smallest absolute Gasteiger partial charge is 0.254 e. The quantitative estimate of drug-likeness (QED) is 0.868. The van der Waals surface area contributed by atoms with Crippen LogP contribution >= 0.6 is 15.9 Å². The Balaban J connectivity index is 2.15. The summed E-state index contributed by atoms with van der Waals surface area (Å²) in [7, 11) is 0. The van der Waals surface area contributed by atoms with Gasteiger partial charge in [0.2, 0.25) is 0 Å². The van der Waals surface area contributed by atoms with Crippen molar-refractivity contribution in [3.05, 3.63) is 64.1 Å². The van der Waals surface area contributed by atoms with Gasteiger partial charge in [0, 0.05) is 28.8 Å². The molecule has 0 aliphatic heterocycles. The third-order valence-corrected chi connectivity index (χ3v) is 3.61. The van der Waals surface area contributed by atoms with Crippen LogP contribution in [0.1, 0.15) is 22.8 Å². The Morgan fingerprint density at radius 1 is 1.20 bits per heavy atom. The molecular weight excluding hydrogens is 316 g/mol. The number of nitrogen functional groups attached to an aromatic ring is 1. The molecule has 0 spiro atoms. The van der Waals surface area contributed by atoms with Gasteiger partial charge in [-0.3, -0.25) is 4.79 Å². The van der Waals surface area contributed by atoms with Crippen molar-refractivity contribution in [2.45, 2.75) is 13.5 Å². The monoisotopic (exact) mass is 332 g/mol. The minimum absolute atomic E-state index is 0.0300. The van der Waals surface area contributed by atoms with E-state index in [9.17, 15) is 4.79 Å². The molecule has 0 fully saturated rings. The normalized spacial score (nSPS) is 10.3. The number of hydrogen-bond acceptors (Lipinski definition) is 2. The molecule has 0 bridgehead atoms. The van der Waals surface area contributed by atoms with Crippen LogP contribution in [0.15, 0.2) is 53.0 Å². The average Bonchev–Trinajstić information content (AvgIpc) is 2.45. The summed E-state index contributed by atoms with van der Waals surface area (Å²) in [5.74, 6) is 0.0300. The van der Waals surface area contributed by atoms with Gasteiger partial charge in [0.25, 0.3) is 5.91 Å². The molecule has 0 atom stereocenters. The van der Waals surface area contributed by atoms with E-state index in [0.717, 1.165) is 15.7 Å². The first kappa shape index (κ1) is 14.6. The summed E-state index contributed by atoms with van der Waals surface area (Å²) < 4.78 is 0.966. The van der Waals surface area contributed by atoms with Crippen LogP contribution in [0.5, 0.6) is 0 Å². The maximum atomic E-state index is 12.5. The van der Waals surface area contributed by atoms with Crippen molar-refractivity contribution < 1.29 is 4.79 Å². The molecule has 0 unspecified atom stereocenters. The van der Waals surface area contributed by atoms with E-state index >= 15 is 0 Å². The van der Waals surface area contributed by atoms with Crippen LogP contribution in [0.2, 0.25) is 0 Å². The predicted molar refractivity (Wildman–Crippen MR) is 85.4 cm³/mol. The second-order valence-electron chi connectivity index (χ2n) is 4.57. The molecular formula is C16H17BrN2O. The van der Waals surface area contributed by atoms with E-state index in [1.807, 2.05) is 55.5 Å². The maximum Gasteiger partial charge on any atom is 0.254 e. The third-order valence-electron chi connectivity index (χ3n) is 3.08. The van der Waals surface area contributed by atoms with E-state index in [2.05, 4.69) is 15.9 Å². The summed E-state index contributed by atoms with van der Waals surface area (Å²) in [6, 6.07) is 15.0. The van der Waals surface area contributed by atoms with Gasteiger partial charge in [0.05, 0.1) is 0 Å². The van der Waals surface area contributed by atoms with E-state index in [1.165, 1.54) is 0 Å². The molecule has 3 nitrogen and oxygen atoms in total. The number of anilines is 1. The molecule has 2 aromatic carbocycles. The molecule has 20 heavy (non-hydrogen) atoms. The Bertz CT molecular complexity index is 596. The summed E-state index contributed by atoms with van der Waals surface area (Å²) in [5.41, 5.74) is 8.22. The molecule has 2 aromatic rings. The van der Waals surface area contributed by atoms with Crippen molar-refractivity contribution in [1.29, 1.82) is 0 Å². The number of benzene rings is 2. The highest BCUT2D eigenvalue weighted by atomic mass is 79.9. The number of halogens is 1. The lowest BCUT2D eigenvalue weighted by Crippen LogP contribution is -2.30. The maximum absolute atomic E-state index is 12.5. The highest BCUT2D eigenvalue weighted by Crippen LogP contribution is 2.15. The summed E-state index contributed by atoms with van der Waals surface area (Å²) in [4.78, 5) is 14.3. The molecule has 0 aliphatic carbocycles. The van der Waals surface area contributed by atoms with Gasteiger partial charge in [-0.05, 0) is 48.9 Å².